The Bertz CT molecular complexity index is 1350. The number of aliphatic hydroxyl groups excluding tert-OH is 1. The van der Waals surface area contributed by atoms with Gasteiger partial charge >= 0.3 is 0 Å². The van der Waals surface area contributed by atoms with E-state index in [-0.39, 0.29) is 39.1 Å². The number of rotatable bonds is 5. The molecule has 176 valence electrons. The third-order valence-corrected chi connectivity index (χ3v) is 5.68. The van der Waals surface area contributed by atoms with Crippen molar-refractivity contribution >= 4 is 34.7 Å². The summed E-state index contributed by atoms with van der Waals surface area (Å²) in [4.78, 5) is 27.1. The molecule has 1 aliphatic heterocycles. The maximum absolute atomic E-state index is 14.0. The molecular weight excluding hydrogens is 472 g/mol. The SMILES string of the molecule is COc1cc(OC)c(/C(O)=C2\C(=O)C(=O)N(c3ccc(F)c(F)c3)C2c2ccc(C)o2)cc1Cl. The van der Waals surface area contributed by atoms with Crippen molar-refractivity contribution in [2.75, 3.05) is 19.1 Å². The average Bonchev–Trinajstić information content (AvgIpc) is 3.35. The van der Waals surface area contributed by atoms with E-state index in [1.807, 2.05) is 0 Å². The van der Waals surface area contributed by atoms with Crippen molar-refractivity contribution in [1.82, 2.24) is 0 Å². The van der Waals surface area contributed by atoms with Gasteiger partial charge < -0.3 is 19.0 Å². The quantitative estimate of drug-likeness (QED) is 0.302. The molecule has 10 heteroatoms. The van der Waals surface area contributed by atoms with Gasteiger partial charge in [0.05, 0.1) is 30.4 Å². The number of hydrogen-bond donors (Lipinski definition) is 1. The molecule has 0 saturated carbocycles. The molecule has 0 spiro atoms. The van der Waals surface area contributed by atoms with Crippen molar-refractivity contribution in [3.05, 3.63) is 81.8 Å². The Morgan fingerprint density at radius 1 is 1.03 bits per heavy atom. The van der Waals surface area contributed by atoms with Crippen LogP contribution in [0, 0.1) is 18.6 Å². The lowest BCUT2D eigenvalue weighted by Crippen LogP contribution is -2.29. The number of furan rings is 1. The molecule has 2 aromatic carbocycles. The zero-order chi connectivity index (χ0) is 24.7. The zero-order valence-electron chi connectivity index (χ0n) is 18.2. The highest BCUT2D eigenvalue weighted by Gasteiger charge is 2.49. The van der Waals surface area contributed by atoms with Gasteiger partial charge in [0.25, 0.3) is 11.7 Å². The van der Waals surface area contributed by atoms with E-state index in [9.17, 15) is 23.5 Å². The first kappa shape index (κ1) is 23.3. The van der Waals surface area contributed by atoms with Gasteiger partial charge in [-0.1, -0.05) is 11.6 Å². The highest BCUT2D eigenvalue weighted by molar-refractivity contribution is 6.51. The fraction of sp³-hybridized carbons (Fsp3) is 0.167. The first-order valence-corrected chi connectivity index (χ1v) is 10.3. The second-order valence-corrected chi connectivity index (χ2v) is 7.81. The highest BCUT2D eigenvalue weighted by Crippen LogP contribution is 2.45. The van der Waals surface area contributed by atoms with Crippen LogP contribution in [-0.2, 0) is 9.59 Å². The number of aliphatic hydroxyl groups is 1. The summed E-state index contributed by atoms with van der Waals surface area (Å²) < 4.78 is 43.7. The summed E-state index contributed by atoms with van der Waals surface area (Å²) >= 11 is 6.22. The van der Waals surface area contributed by atoms with Gasteiger partial charge in [-0.15, -0.1) is 0 Å². The number of hydrogen-bond acceptors (Lipinski definition) is 6. The van der Waals surface area contributed by atoms with Crippen LogP contribution in [0.15, 0.2) is 52.5 Å². The van der Waals surface area contributed by atoms with Crippen molar-refractivity contribution < 1.29 is 37.4 Å². The van der Waals surface area contributed by atoms with Crippen LogP contribution in [0.4, 0.5) is 14.5 Å². The summed E-state index contributed by atoms with van der Waals surface area (Å²) in [7, 11) is 2.74. The number of ketones is 1. The van der Waals surface area contributed by atoms with Crippen molar-refractivity contribution in [3.8, 4) is 11.5 Å². The summed E-state index contributed by atoms with van der Waals surface area (Å²) in [5.74, 6) is -4.08. The molecule has 0 radical (unpaired) electrons. The number of ether oxygens (including phenoxy) is 2. The van der Waals surface area contributed by atoms with Gasteiger partial charge in [-0.3, -0.25) is 14.5 Å². The van der Waals surface area contributed by atoms with Gasteiger partial charge in [0.1, 0.15) is 34.8 Å². The zero-order valence-corrected chi connectivity index (χ0v) is 18.9. The van der Waals surface area contributed by atoms with E-state index in [1.165, 1.54) is 32.4 Å². The maximum Gasteiger partial charge on any atom is 0.300 e. The van der Waals surface area contributed by atoms with Gasteiger partial charge in [-0.2, -0.15) is 0 Å². The Morgan fingerprint density at radius 2 is 1.74 bits per heavy atom. The smallest absolute Gasteiger partial charge is 0.300 e. The molecule has 1 saturated heterocycles. The minimum absolute atomic E-state index is 0.0184. The Kier molecular flexibility index (Phi) is 6.05. The van der Waals surface area contributed by atoms with Gasteiger partial charge in [0, 0.05) is 17.8 Å². The van der Waals surface area contributed by atoms with E-state index in [2.05, 4.69) is 0 Å². The Balaban J connectivity index is 1.98. The van der Waals surface area contributed by atoms with E-state index in [4.69, 9.17) is 25.5 Å². The van der Waals surface area contributed by atoms with Crippen LogP contribution >= 0.6 is 11.6 Å². The van der Waals surface area contributed by atoms with Crippen LogP contribution in [0.2, 0.25) is 5.02 Å². The molecule has 7 nitrogen and oxygen atoms in total. The van der Waals surface area contributed by atoms with Crippen LogP contribution in [0.5, 0.6) is 11.5 Å². The number of halogens is 3. The predicted octanol–water partition coefficient (Wildman–Crippen LogP) is 5.16. The molecule has 1 fully saturated rings. The number of carbonyl (C=O) groups is 2. The van der Waals surface area contributed by atoms with Gasteiger partial charge in [-0.25, -0.2) is 8.78 Å². The Morgan fingerprint density at radius 3 is 2.32 bits per heavy atom. The normalized spacial score (nSPS) is 17.4. The van der Waals surface area contributed by atoms with Gasteiger partial charge in [0.2, 0.25) is 0 Å². The highest BCUT2D eigenvalue weighted by atomic mass is 35.5. The van der Waals surface area contributed by atoms with E-state index in [1.54, 1.807) is 13.0 Å². The summed E-state index contributed by atoms with van der Waals surface area (Å²) in [6.07, 6.45) is 0. The molecule has 0 bridgehead atoms. The van der Waals surface area contributed by atoms with E-state index >= 15 is 0 Å². The summed E-state index contributed by atoms with van der Waals surface area (Å²) in [5.41, 5.74) is -0.424. The Labute approximate surface area is 197 Å². The number of anilines is 1. The summed E-state index contributed by atoms with van der Waals surface area (Å²) in [6.45, 7) is 1.65. The first-order chi connectivity index (χ1) is 16.2. The number of amides is 1. The standard InChI is InChI=1S/C24H18ClF2NO6/c1-11-4-7-17(34-11)21-20(22(29)13-9-14(25)19(33-3)10-18(13)32-2)23(30)24(31)28(21)12-5-6-15(26)16(27)8-12/h4-10,21,29H,1-3H3/b22-20+. The number of nitrogens with zero attached hydrogens (tertiary/aromatic N) is 1. The second kappa shape index (κ2) is 8.83. The van der Waals surface area contributed by atoms with Gasteiger partial charge in [-0.05, 0) is 37.3 Å². The Hall–Kier alpha value is -3.85. The molecule has 1 N–H and O–H groups in total. The molecule has 34 heavy (non-hydrogen) atoms. The number of Topliss-reactive ketones (excluding diaryl/α,β-unsaturated/α-hetero) is 1. The second-order valence-electron chi connectivity index (χ2n) is 7.40. The lowest BCUT2D eigenvalue weighted by Gasteiger charge is -2.23. The topological polar surface area (TPSA) is 89.2 Å². The van der Waals surface area contributed by atoms with Crippen LogP contribution in [-0.4, -0.2) is 31.0 Å². The monoisotopic (exact) mass is 489 g/mol. The van der Waals surface area contributed by atoms with Crippen molar-refractivity contribution in [2.45, 2.75) is 13.0 Å². The molecule has 1 atom stereocenters. The third kappa shape index (κ3) is 3.77. The van der Waals surface area contributed by atoms with Crippen molar-refractivity contribution in [2.24, 2.45) is 0 Å². The van der Waals surface area contributed by atoms with E-state index < -0.39 is 35.1 Å². The molecule has 3 aromatic rings. The first-order valence-electron chi connectivity index (χ1n) is 9.92. The lowest BCUT2D eigenvalue weighted by atomic mass is 9.98. The molecule has 1 aliphatic rings. The molecule has 4 rings (SSSR count). The largest absolute Gasteiger partial charge is 0.507 e. The minimum Gasteiger partial charge on any atom is -0.507 e. The number of benzene rings is 2. The molecule has 0 aliphatic carbocycles. The molecule has 2 heterocycles. The third-order valence-electron chi connectivity index (χ3n) is 5.39. The van der Waals surface area contributed by atoms with Crippen LogP contribution < -0.4 is 14.4 Å². The molecular formula is C24H18ClF2NO6. The number of carbonyl (C=O) groups excluding carboxylic acids is 2. The van der Waals surface area contributed by atoms with Crippen LogP contribution in [0.1, 0.15) is 23.1 Å². The minimum atomic E-state index is -1.27. The predicted molar refractivity (Wildman–Crippen MR) is 119 cm³/mol. The van der Waals surface area contributed by atoms with Crippen LogP contribution in [0.3, 0.4) is 0 Å². The van der Waals surface area contributed by atoms with E-state index in [0.717, 1.165) is 23.1 Å². The molecule has 1 unspecified atom stereocenters. The summed E-state index contributed by atoms with van der Waals surface area (Å²) in [6, 6.07) is 7.35. The summed E-state index contributed by atoms with van der Waals surface area (Å²) in [5, 5.41) is 11.4. The van der Waals surface area contributed by atoms with Crippen molar-refractivity contribution in [3.63, 3.8) is 0 Å². The average molecular weight is 490 g/mol. The van der Waals surface area contributed by atoms with Crippen molar-refractivity contribution in [1.29, 1.82) is 0 Å². The van der Waals surface area contributed by atoms with Gasteiger partial charge in [0.15, 0.2) is 11.6 Å². The van der Waals surface area contributed by atoms with E-state index in [0.29, 0.717) is 5.76 Å². The molecule has 1 aromatic heterocycles. The fourth-order valence-corrected chi connectivity index (χ4v) is 4.03. The number of methoxy groups -OCH3 is 2. The number of aryl methyl sites for hydroxylation is 1. The maximum atomic E-state index is 14.0. The lowest BCUT2D eigenvalue weighted by molar-refractivity contribution is -0.132. The fourth-order valence-electron chi connectivity index (χ4n) is 3.79. The molecule has 1 amide bonds. The van der Waals surface area contributed by atoms with Crippen LogP contribution in [0.25, 0.3) is 5.76 Å².